The third-order valence-electron chi connectivity index (χ3n) is 5.28. The molecule has 1 heterocycles. The monoisotopic (exact) mass is 521 g/mol. The zero-order valence-electron chi connectivity index (χ0n) is 21.0. The fourth-order valence-electron chi connectivity index (χ4n) is 3.62. The highest BCUT2D eigenvalue weighted by Gasteiger charge is 2.27. The number of ether oxygens (including phenoxy) is 1. The molecule has 1 atom stereocenters. The van der Waals surface area contributed by atoms with E-state index in [9.17, 15) is 22.7 Å². The molecule has 0 aliphatic rings. The molecule has 0 fully saturated rings. The van der Waals surface area contributed by atoms with Crippen LogP contribution in [0.15, 0.2) is 54.7 Å². The second-order valence-electron chi connectivity index (χ2n) is 8.94. The number of aliphatic hydroxyl groups is 1. The van der Waals surface area contributed by atoms with Gasteiger partial charge in [-0.05, 0) is 75.5 Å². The Bertz CT molecular complexity index is 1140. The van der Waals surface area contributed by atoms with E-state index in [1.165, 1.54) is 23.2 Å². The van der Waals surface area contributed by atoms with E-state index < -0.39 is 24.5 Å². The summed E-state index contributed by atoms with van der Waals surface area (Å²) in [6, 6.07) is 12.9. The highest BCUT2D eigenvalue weighted by molar-refractivity contribution is 5.63. The van der Waals surface area contributed by atoms with Crippen molar-refractivity contribution in [3.63, 3.8) is 0 Å². The van der Waals surface area contributed by atoms with Crippen LogP contribution in [-0.4, -0.2) is 66.0 Å². The summed E-state index contributed by atoms with van der Waals surface area (Å²) < 4.78 is 58.6. The normalized spacial score (nSPS) is 12.5. The second-order valence-corrected chi connectivity index (χ2v) is 8.94. The van der Waals surface area contributed by atoms with Crippen LogP contribution in [0.5, 0.6) is 5.75 Å². The highest BCUT2D eigenvalue weighted by Crippen LogP contribution is 2.30. The number of hydrogen-bond acceptors (Lipinski definition) is 7. The lowest BCUT2D eigenvalue weighted by Crippen LogP contribution is -2.30. The molecule has 2 aromatic carbocycles. The quantitative estimate of drug-likeness (QED) is 0.307. The number of aryl methyl sites for hydroxylation is 1. The number of halogens is 4. The first-order valence-electron chi connectivity index (χ1n) is 11.8. The molecule has 0 amide bonds. The van der Waals surface area contributed by atoms with E-state index in [0.717, 1.165) is 5.56 Å². The first-order valence-corrected chi connectivity index (χ1v) is 11.8. The predicted molar refractivity (Wildman–Crippen MR) is 135 cm³/mol. The molecule has 0 aliphatic heterocycles. The maximum atomic E-state index is 14.7. The van der Waals surface area contributed by atoms with Crippen molar-refractivity contribution in [1.82, 2.24) is 14.9 Å². The standard InChI is InChI=1S/C26H31F4N5O2/c1-18-5-10-22(27)23(15-18)35(14-4-12-26(28,29)30)24-11-13-31-25(33-24)32-19-6-8-21(9-7-19)37-17-20(36)16-34(2)3/h5-11,13,15,20,36H,4,12,14,16-17H2,1-3H3,(H,31,32,33). The fourth-order valence-corrected chi connectivity index (χ4v) is 3.62. The molecule has 0 bridgehead atoms. The lowest BCUT2D eigenvalue weighted by Gasteiger charge is -2.25. The van der Waals surface area contributed by atoms with Crippen molar-refractivity contribution >= 4 is 23.1 Å². The summed E-state index contributed by atoms with van der Waals surface area (Å²) in [7, 11) is 3.72. The molecule has 0 spiro atoms. The molecule has 11 heteroatoms. The van der Waals surface area contributed by atoms with Gasteiger partial charge in [-0.3, -0.25) is 0 Å². The molecule has 0 radical (unpaired) electrons. The number of aliphatic hydroxyl groups excluding tert-OH is 1. The van der Waals surface area contributed by atoms with Crippen LogP contribution in [0.1, 0.15) is 18.4 Å². The highest BCUT2D eigenvalue weighted by atomic mass is 19.4. The van der Waals surface area contributed by atoms with Gasteiger partial charge in [-0.2, -0.15) is 18.2 Å². The van der Waals surface area contributed by atoms with Gasteiger partial charge in [-0.1, -0.05) is 6.07 Å². The summed E-state index contributed by atoms with van der Waals surface area (Å²) in [5.74, 6) is 0.473. The van der Waals surface area contributed by atoms with Crippen molar-refractivity contribution in [3.05, 3.63) is 66.1 Å². The number of rotatable bonds is 12. The van der Waals surface area contributed by atoms with E-state index in [1.54, 1.807) is 43.3 Å². The van der Waals surface area contributed by atoms with E-state index in [1.807, 2.05) is 19.0 Å². The van der Waals surface area contributed by atoms with Crippen LogP contribution in [0, 0.1) is 12.7 Å². The summed E-state index contributed by atoms with van der Waals surface area (Å²) in [4.78, 5) is 11.9. The van der Waals surface area contributed by atoms with Crippen LogP contribution < -0.4 is 15.0 Å². The van der Waals surface area contributed by atoms with E-state index in [0.29, 0.717) is 18.0 Å². The van der Waals surface area contributed by atoms with E-state index in [2.05, 4.69) is 15.3 Å². The molecule has 0 aliphatic carbocycles. The molecule has 7 nitrogen and oxygen atoms in total. The number of benzene rings is 2. The minimum absolute atomic E-state index is 0.0813. The number of nitrogens with one attached hydrogen (secondary N) is 1. The lowest BCUT2D eigenvalue weighted by atomic mass is 10.2. The summed E-state index contributed by atoms with van der Waals surface area (Å²) in [5, 5.41) is 13.0. The Kier molecular flexibility index (Phi) is 9.65. The van der Waals surface area contributed by atoms with E-state index >= 15 is 0 Å². The number of anilines is 4. The first kappa shape index (κ1) is 28.1. The zero-order chi connectivity index (χ0) is 27.0. The average Bonchev–Trinajstić information content (AvgIpc) is 2.82. The minimum Gasteiger partial charge on any atom is -0.491 e. The number of likely N-dealkylation sites (N-methyl/N-ethyl adjacent to an activating group) is 1. The van der Waals surface area contributed by atoms with Gasteiger partial charge in [0.1, 0.15) is 30.1 Å². The Hall–Kier alpha value is -3.44. The van der Waals surface area contributed by atoms with Crippen molar-refractivity contribution in [2.75, 3.05) is 44.0 Å². The van der Waals surface area contributed by atoms with Gasteiger partial charge in [-0.15, -0.1) is 0 Å². The van der Waals surface area contributed by atoms with Gasteiger partial charge >= 0.3 is 6.18 Å². The van der Waals surface area contributed by atoms with Crippen molar-refractivity contribution in [3.8, 4) is 5.75 Å². The second kappa shape index (κ2) is 12.7. The van der Waals surface area contributed by atoms with Gasteiger partial charge in [0.15, 0.2) is 0 Å². The SMILES string of the molecule is Cc1ccc(F)c(N(CCCC(F)(F)F)c2ccnc(Nc3ccc(OCC(O)CN(C)C)cc3)n2)c1. The summed E-state index contributed by atoms with van der Waals surface area (Å²) in [6.07, 6.45) is -4.70. The van der Waals surface area contributed by atoms with Gasteiger partial charge < -0.3 is 25.0 Å². The van der Waals surface area contributed by atoms with Crippen molar-refractivity contribution in [2.45, 2.75) is 32.0 Å². The smallest absolute Gasteiger partial charge is 0.389 e. The minimum atomic E-state index is -4.31. The molecule has 1 unspecified atom stereocenters. The van der Waals surface area contributed by atoms with Gasteiger partial charge in [-0.25, -0.2) is 9.37 Å². The summed E-state index contributed by atoms with van der Waals surface area (Å²) in [5.41, 5.74) is 1.55. The Balaban J connectivity index is 1.74. The average molecular weight is 522 g/mol. The Labute approximate surface area is 213 Å². The van der Waals surface area contributed by atoms with Crippen LogP contribution in [0.25, 0.3) is 0 Å². The van der Waals surface area contributed by atoms with Gasteiger partial charge in [0.05, 0.1) is 5.69 Å². The van der Waals surface area contributed by atoms with Crippen molar-refractivity contribution in [1.29, 1.82) is 0 Å². The Morgan fingerprint density at radius 3 is 2.49 bits per heavy atom. The molecule has 37 heavy (non-hydrogen) atoms. The van der Waals surface area contributed by atoms with Crippen LogP contribution in [0.3, 0.4) is 0 Å². The molecule has 0 saturated heterocycles. The molecule has 3 rings (SSSR count). The third kappa shape index (κ3) is 9.18. The Morgan fingerprint density at radius 1 is 1.08 bits per heavy atom. The van der Waals surface area contributed by atoms with Crippen LogP contribution in [-0.2, 0) is 0 Å². The van der Waals surface area contributed by atoms with Crippen LogP contribution in [0.4, 0.5) is 40.7 Å². The van der Waals surface area contributed by atoms with E-state index in [-0.39, 0.29) is 37.0 Å². The number of aromatic nitrogens is 2. The molecule has 0 saturated carbocycles. The number of hydrogen-bond donors (Lipinski definition) is 2. The number of nitrogens with zero attached hydrogens (tertiary/aromatic N) is 4. The molecule has 200 valence electrons. The molecule has 2 N–H and O–H groups in total. The van der Waals surface area contributed by atoms with Crippen LogP contribution in [0.2, 0.25) is 0 Å². The maximum absolute atomic E-state index is 14.7. The molecular formula is C26H31F4N5O2. The molecule has 3 aromatic rings. The third-order valence-corrected chi connectivity index (χ3v) is 5.28. The fraction of sp³-hybridized carbons (Fsp3) is 0.385. The lowest BCUT2D eigenvalue weighted by molar-refractivity contribution is -0.134. The van der Waals surface area contributed by atoms with Crippen LogP contribution >= 0.6 is 0 Å². The summed E-state index contributed by atoms with van der Waals surface area (Å²) >= 11 is 0. The molecule has 1 aromatic heterocycles. The topological polar surface area (TPSA) is 73.8 Å². The number of alkyl halides is 3. The first-order chi connectivity index (χ1) is 17.5. The largest absolute Gasteiger partial charge is 0.491 e. The summed E-state index contributed by atoms with van der Waals surface area (Å²) in [6.45, 7) is 2.32. The van der Waals surface area contributed by atoms with Gasteiger partial charge in [0.2, 0.25) is 5.95 Å². The zero-order valence-corrected chi connectivity index (χ0v) is 21.0. The van der Waals surface area contributed by atoms with Gasteiger partial charge in [0, 0.05) is 31.4 Å². The Morgan fingerprint density at radius 2 is 1.81 bits per heavy atom. The van der Waals surface area contributed by atoms with E-state index in [4.69, 9.17) is 4.74 Å². The van der Waals surface area contributed by atoms with Crippen molar-refractivity contribution < 1.29 is 27.4 Å². The van der Waals surface area contributed by atoms with Gasteiger partial charge in [0.25, 0.3) is 0 Å². The predicted octanol–water partition coefficient (Wildman–Crippen LogP) is 5.45. The maximum Gasteiger partial charge on any atom is 0.389 e. The van der Waals surface area contributed by atoms with Crippen molar-refractivity contribution in [2.24, 2.45) is 0 Å². The molecular weight excluding hydrogens is 490 g/mol.